The van der Waals surface area contributed by atoms with Gasteiger partial charge in [-0.2, -0.15) is 0 Å². The van der Waals surface area contributed by atoms with Gasteiger partial charge in [0, 0.05) is 43.3 Å². The van der Waals surface area contributed by atoms with Gasteiger partial charge in [0.15, 0.2) is 0 Å². The number of aryl methyl sites for hydroxylation is 2. The zero-order chi connectivity index (χ0) is 20.5. The lowest BCUT2D eigenvalue weighted by Crippen LogP contribution is -2.36. The molecule has 5 nitrogen and oxygen atoms in total. The van der Waals surface area contributed by atoms with E-state index in [1.54, 1.807) is 11.2 Å². The minimum Gasteiger partial charge on any atom is -0.464 e. The Kier molecular flexibility index (Phi) is 5.21. The average molecular weight is 405 g/mol. The molecule has 30 heavy (non-hydrogen) atoms. The normalized spacial score (nSPS) is 16.1. The van der Waals surface area contributed by atoms with Gasteiger partial charge in [-0.05, 0) is 60.2 Å². The number of amides is 1. The monoisotopic (exact) mass is 404 g/mol. The predicted molar refractivity (Wildman–Crippen MR) is 118 cm³/mol. The van der Waals surface area contributed by atoms with Crippen LogP contribution in [0.3, 0.4) is 0 Å². The van der Waals surface area contributed by atoms with Gasteiger partial charge in [0.25, 0.3) is 0 Å². The summed E-state index contributed by atoms with van der Waals surface area (Å²) < 4.78 is 11.2. The van der Waals surface area contributed by atoms with Crippen LogP contribution in [0.2, 0.25) is 0 Å². The molecule has 1 amide bonds. The number of carbonyl (C=O) groups excluding carboxylic acids is 1. The first-order valence-corrected chi connectivity index (χ1v) is 10.8. The maximum atomic E-state index is 12.9. The van der Waals surface area contributed by atoms with Crippen molar-refractivity contribution in [2.24, 2.45) is 0 Å². The predicted octanol–water partition coefficient (Wildman–Crippen LogP) is 3.96. The molecule has 5 rings (SSSR count). The Bertz CT molecular complexity index is 1050. The van der Waals surface area contributed by atoms with Gasteiger partial charge in [-0.25, -0.2) is 0 Å². The third-order valence-corrected chi connectivity index (χ3v) is 6.37. The van der Waals surface area contributed by atoms with Crippen LogP contribution in [0.4, 0.5) is 5.69 Å². The van der Waals surface area contributed by atoms with Gasteiger partial charge < -0.3 is 19.0 Å². The second kappa shape index (κ2) is 8.15. The average Bonchev–Trinajstić information content (AvgIpc) is 3.39. The molecule has 1 fully saturated rings. The van der Waals surface area contributed by atoms with Gasteiger partial charge in [-0.3, -0.25) is 4.79 Å². The van der Waals surface area contributed by atoms with Crippen LogP contribution in [0.15, 0.2) is 47.1 Å². The molecule has 0 atom stereocenters. The Labute approximate surface area is 177 Å². The lowest BCUT2D eigenvalue weighted by atomic mass is 10.0. The van der Waals surface area contributed by atoms with E-state index in [0.29, 0.717) is 13.0 Å². The van der Waals surface area contributed by atoms with E-state index in [0.717, 1.165) is 61.2 Å². The lowest BCUT2D eigenvalue weighted by Gasteiger charge is -2.29. The second-order valence-electron chi connectivity index (χ2n) is 8.42. The second-order valence-corrected chi connectivity index (χ2v) is 8.42. The molecule has 0 spiro atoms. The molecule has 1 aromatic heterocycles. The highest BCUT2D eigenvalue weighted by Crippen LogP contribution is 2.30. The molecular weight excluding hydrogens is 376 g/mol. The van der Waals surface area contributed by atoms with Crippen molar-refractivity contribution in [2.45, 2.75) is 32.2 Å². The first-order valence-electron chi connectivity index (χ1n) is 10.8. The summed E-state index contributed by atoms with van der Waals surface area (Å²) in [6, 6.07) is 12.9. The maximum absolute atomic E-state index is 12.9. The van der Waals surface area contributed by atoms with E-state index in [-0.39, 0.29) is 5.91 Å². The number of fused-ring (bicyclic) bond motifs is 2. The number of rotatable bonds is 5. The van der Waals surface area contributed by atoms with Gasteiger partial charge in [-0.15, -0.1) is 0 Å². The molecule has 156 valence electrons. The standard InChI is InChI=1S/C25H28N2O3/c1-26(16-18-5-7-22(8-6-18)27-9-11-29-12-10-27)25(28)15-21-17-30-24-14-20-4-2-3-19(20)13-23(21)24/h5-8,13-14,17H,2-4,9-12,15-16H2,1H3. The molecule has 3 aromatic rings. The van der Waals surface area contributed by atoms with Crippen molar-refractivity contribution in [3.8, 4) is 0 Å². The van der Waals surface area contributed by atoms with Crippen LogP contribution in [0.1, 0.15) is 28.7 Å². The fraction of sp³-hybridized carbons (Fsp3) is 0.400. The fourth-order valence-electron chi connectivity index (χ4n) is 4.58. The molecule has 0 saturated carbocycles. The zero-order valence-corrected chi connectivity index (χ0v) is 17.5. The van der Waals surface area contributed by atoms with Crippen molar-refractivity contribution < 1.29 is 13.9 Å². The number of hydrogen-bond acceptors (Lipinski definition) is 4. The van der Waals surface area contributed by atoms with E-state index in [9.17, 15) is 4.79 Å². The maximum Gasteiger partial charge on any atom is 0.227 e. The molecule has 0 radical (unpaired) electrons. The summed E-state index contributed by atoms with van der Waals surface area (Å²) in [4.78, 5) is 17.0. The molecule has 0 N–H and O–H groups in total. The number of likely N-dealkylation sites (N-methyl/N-ethyl adjacent to an activating group) is 1. The van der Waals surface area contributed by atoms with Gasteiger partial charge in [0.05, 0.1) is 25.9 Å². The number of anilines is 1. The molecular formula is C25H28N2O3. The molecule has 1 aliphatic carbocycles. The van der Waals surface area contributed by atoms with Crippen LogP contribution >= 0.6 is 0 Å². The van der Waals surface area contributed by atoms with Crippen molar-refractivity contribution >= 4 is 22.6 Å². The molecule has 5 heteroatoms. The molecule has 2 heterocycles. The van der Waals surface area contributed by atoms with Crippen LogP contribution < -0.4 is 4.90 Å². The smallest absolute Gasteiger partial charge is 0.227 e. The minimum atomic E-state index is 0.107. The van der Waals surface area contributed by atoms with E-state index in [4.69, 9.17) is 9.15 Å². The number of furan rings is 1. The lowest BCUT2D eigenvalue weighted by molar-refractivity contribution is -0.129. The fourth-order valence-corrected chi connectivity index (χ4v) is 4.58. The minimum absolute atomic E-state index is 0.107. The van der Waals surface area contributed by atoms with Crippen LogP contribution in [-0.2, 0) is 35.3 Å². The number of benzene rings is 2. The van der Waals surface area contributed by atoms with E-state index < -0.39 is 0 Å². The van der Waals surface area contributed by atoms with Gasteiger partial charge in [-0.1, -0.05) is 12.1 Å². The van der Waals surface area contributed by atoms with E-state index in [2.05, 4.69) is 41.3 Å². The summed E-state index contributed by atoms with van der Waals surface area (Å²) >= 11 is 0. The molecule has 2 aromatic carbocycles. The Morgan fingerprint density at radius 1 is 1.07 bits per heavy atom. The topological polar surface area (TPSA) is 45.9 Å². The van der Waals surface area contributed by atoms with Crippen LogP contribution in [0.5, 0.6) is 0 Å². The van der Waals surface area contributed by atoms with Crippen molar-refractivity contribution in [2.75, 3.05) is 38.3 Å². The van der Waals surface area contributed by atoms with Gasteiger partial charge in [0.1, 0.15) is 5.58 Å². The van der Waals surface area contributed by atoms with Gasteiger partial charge >= 0.3 is 0 Å². The summed E-state index contributed by atoms with van der Waals surface area (Å²) in [6.45, 7) is 4.03. The van der Waals surface area contributed by atoms with Crippen molar-refractivity contribution in [3.63, 3.8) is 0 Å². The molecule has 0 unspecified atom stereocenters. The SMILES string of the molecule is CN(Cc1ccc(N2CCOCC2)cc1)C(=O)Cc1coc2cc3c(cc12)CCC3. The zero-order valence-electron chi connectivity index (χ0n) is 17.5. The van der Waals surface area contributed by atoms with E-state index in [1.807, 2.05) is 7.05 Å². The van der Waals surface area contributed by atoms with Crippen LogP contribution in [0.25, 0.3) is 11.0 Å². The number of nitrogens with zero attached hydrogens (tertiary/aromatic N) is 2. The molecule has 2 aliphatic rings. The molecule has 1 saturated heterocycles. The van der Waals surface area contributed by atoms with Crippen LogP contribution in [0, 0.1) is 0 Å². The summed E-state index contributed by atoms with van der Waals surface area (Å²) in [5, 5.41) is 1.09. The Morgan fingerprint density at radius 3 is 2.57 bits per heavy atom. The number of morpholine rings is 1. The van der Waals surface area contributed by atoms with Crippen molar-refractivity contribution in [1.82, 2.24) is 4.90 Å². The number of carbonyl (C=O) groups is 1. The number of hydrogen-bond donors (Lipinski definition) is 0. The summed E-state index contributed by atoms with van der Waals surface area (Å²) in [5.74, 6) is 0.107. The highest BCUT2D eigenvalue weighted by Gasteiger charge is 2.18. The third-order valence-electron chi connectivity index (χ3n) is 6.37. The molecule has 1 aliphatic heterocycles. The third kappa shape index (κ3) is 3.82. The van der Waals surface area contributed by atoms with Crippen molar-refractivity contribution in [1.29, 1.82) is 0 Å². The summed E-state index contributed by atoms with van der Waals surface area (Å²) in [6.07, 6.45) is 5.59. The van der Waals surface area contributed by atoms with E-state index >= 15 is 0 Å². The van der Waals surface area contributed by atoms with Crippen LogP contribution in [-0.4, -0.2) is 44.2 Å². The summed E-state index contributed by atoms with van der Waals surface area (Å²) in [7, 11) is 1.87. The number of ether oxygens (including phenoxy) is 1. The Hall–Kier alpha value is -2.79. The molecule has 0 bridgehead atoms. The highest BCUT2D eigenvalue weighted by molar-refractivity contribution is 5.88. The van der Waals surface area contributed by atoms with Crippen molar-refractivity contribution in [3.05, 3.63) is 64.9 Å². The Morgan fingerprint density at radius 2 is 1.80 bits per heavy atom. The summed E-state index contributed by atoms with van der Waals surface area (Å²) in [5.41, 5.74) is 7.05. The first kappa shape index (κ1) is 19.2. The largest absolute Gasteiger partial charge is 0.464 e. The highest BCUT2D eigenvalue weighted by atomic mass is 16.5. The first-order chi connectivity index (χ1) is 14.7. The quantitative estimate of drug-likeness (QED) is 0.646. The Balaban J connectivity index is 1.24. The van der Waals surface area contributed by atoms with Gasteiger partial charge in [0.2, 0.25) is 5.91 Å². The van der Waals surface area contributed by atoms with E-state index in [1.165, 1.54) is 23.2 Å².